The number of hydrogen-bond acceptors (Lipinski definition) is 2. The SMILES string of the molecule is O=C(CC1(c2c3c(nn2-c2ccc(Cl)cc2)CCCC3)CCCCC1)Nc1ccc(F)cc1F. The minimum atomic E-state index is -0.769. The van der Waals surface area contributed by atoms with Crippen molar-refractivity contribution in [3.05, 3.63) is 76.1 Å². The van der Waals surface area contributed by atoms with Crippen molar-refractivity contribution in [3.8, 4) is 5.69 Å². The Balaban J connectivity index is 1.56. The van der Waals surface area contributed by atoms with Gasteiger partial charge in [0.25, 0.3) is 0 Å². The first kappa shape index (κ1) is 23.0. The molecule has 1 amide bonds. The maximum Gasteiger partial charge on any atom is 0.225 e. The Morgan fingerprint density at radius 3 is 2.47 bits per heavy atom. The molecular weight excluding hydrogens is 456 g/mol. The predicted molar refractivity (Wildman–Crippen MR) is 130 cm³/mol. The molecule has 0 spiro atoms. The van der Waals surface area contributed by atoms with Crippen LogP contribution in [0.1, 0.15) is 68.3 Å². The minimum Gasteiger partial charge on any atom is -0.324 e. The van der Waals surface area contributed by atoms with Crippen LogP contribution in [-0.2, 0) is 23.1 Å². The van der Waals surface area contributed by atoms with E-state index in [1.807, 2.05) is 28.9 Å². The second kappa shape index (κ2) is 9.49. The maximum atomic E-state index is 14.2. The van der Waals surface area contributed by atoms with Gasteiger partial charge in [-0.15, -0.1) is 0 Å². The molecule has 1 saturated carbocycles. The molecule has 2 aliphatic carbocycles. The van der Waals surface area contributed by atoms with Gasteiger partial charge in [-0.05, 0) is 80.5 Å². The molecule has 2 aliphatic rings. The van der Waals surface area contributed by atoms with E-state index < -0.39 is 17.0 Å². The smallest absolute Gasteiger partial charge is 0.225 e. The number of carbonyl (C=O) groups excluding carboxylic acids is 1. The molecular formula is C27H28ClF2N3O. The van der Waals surface area contributed by atoms with Gasteiger partial charge in [-0.1, -0.05) is 30.9 Å². The number of fused-ring (bicyclic) bond motifs is 1. The van der Waals surface area contributed by atoms with Crippen LogP contribution < -0.4 is 5.32 Å². The summed E-state index contributed by atoms with van der Waals surface area (Å²) in [6.07, 6.45) is 9.27. The Hall–Kier alpha value is -2.73. The summed E-state index contributed by atoms with van der Waals surface area (Å²) in [7, 11) is 0. The largest absolute Gasteiger partial charge is 0.324 e. The van der Waals surface area contributed by atoms with E-state index in [1.54, 1.807) is 0 Å². The van der Waals surface area contributed by atoms with Crippen molar-refractivity contribution in [2.75, 3.05) is 5.32 Å². The Kier molecular flexibility index (Phi) is 6.43. The van der Waals surface area contributed by atoms with Gasteiger partial charge < -0.3 is 5.32 Å². The zero-order chi connectivity index (χ0) is 23.7. The van der Waals surface area contributed by atoms with Gasteiger partial charge in [-0.2, -0.15) is 5.10 Å². The van der Waals surface area contributed by atoms with Gasteiger partial charge in [0.15, 0.2) is 0 Å². The lowest BCUT2D eigenvalue weighted by Gasteiger charge is -2.38. The molecule has 0 radical (unpaired) electrons. The van der Waals surface area contributed by atoms with Gasteiger partial charge in [-0.3, -0.25) is 4.79 Å². The number of benzene rings is 2. The quantitative estimate of drug-likeness (QED) is 0.428. The van der Waals surface area contributed by atoms with Crippen molar-refractivity contribution >= 4 is 23.2 Å². The standard InChI is InChI=1S/C27H28ClF2N3O/c28-18-8-11-20(12-9-18)33-26(21-6-2-3-7-23(21)32-33)27(14-4-1-5-15-27)17-25(34)31-24-13-10-19(29)16-22(24)30/h8-13,16H,1-7,14-15,17H2,(H,31,34). The minimum absolute atomic E-state index is 0.00518. The summed E-state index contributed by atoms with van der Waals surface area (Å²) in [5, 5.41) is 8.38. The zero-order valence-electron chi connectivity index (χ0n) is 19.0. The highest BCUT2D eigenvalue weighted by Gasteiger charge is 2.42. The fraction of sp³-hybridized carbons (Fsp3) is 0.407. The number of hydrogen-bond donors (Lipinski definition) is 1. The third-order valence-electron chi connectivity index (χ3n) is 7.25. The van der Waals surface area contributed by atoms with E-state index in [1.165, 1.54) is 11.6 Å². The summed E-state index contributed by atoms with van der Waals surface area (Å²) < 4.78 is 29.6. The average molecular weight is 484 g/mol. The van der Waals surface area contributed by atoms with Gasteiger partial charge >= 0.3 is 0 Å². The Labute approximate surface area is 203 Å². The molecule has 178 valence electrons. The van der Waals surface area contributed by atoms with E-state index in [-0.39, 0.29) is 18.0 Å². The van der Waals surface area contributed by atoms with Crippen LogP contribution in [0.4, 0.5) is 14.5 Å². The van der Waals surface area contributed by atoms with Crippen molar-refractivity contribution in [3.63, 3.8) is 0 Å². The first-order valence-corrected chi connectivity index (χ1v) is 12.5. The Morgan fingerprint density at radius 1 is 1.00 bits per heavy atom. The van der Waals surface area contributed by atoms with Crippen LogP contribution in [0.25, 0.3) is 5.69 Å². The summed E-state index contributed by atoms with van der Waals surface area (Å²) in [4.78, 5) is 13.3. The van der Waals surface area contributed by atoms with Gasteiger partial charge in [0.1, 0.15) is 11.6 Å². The van der Waals surface area contributed by atoms with E-state index in [9.17, 15) is 13.6 Å². The van der Waals surface area contributed by atoms with Gasteiger partial charge in [-0.25, -0.2) is 13.5 Å². The van der Waals surface area contributed by atoms with Crippen LogP contribution in [0.15, 0.2) is 42.5 Å². The summed E-state index contributed by atoms with van der Waals surface area (Å²) in [5.41, 5.74) is 4.06. The van der Waals surface area contributed by atoms with E-state index >= 15 is 0 Å². The number of anilines is 1. The number of nitrogens with one attached hydrogen (secondary N) is 1. The maximum absolute atomic E-state index is 14.2. The molecule has 0 aliphatic heterocycles. The number of amides is 1. The van der Waals surface area contributed by atoms with Crippen LogP contribution in [-0.4, -0.2) is 15.7 Å². The van der Waals surface area contributed by atoms with Crippen molar-refractivity contribution in [1.82, 2.24) is 9.78 Å². The summed E-state index contributed by atoms with van der Waals surface area (Å²) in [6, 6.07) is 10.9. The first-order valence-electron chi connectivity index (χ1n) is 12.1. The van der Waals surface area contributed by atoms with Crippen molar-refractivity contribution < 1.29 is 13.6 Å². The van der Waals surface area contributed by atoms with Gasteiger partial charge in [0.2, 0.25) is 5.91 Å². The molecule has 5 rings (SSSR count). The number of halogens is 3. The lowest BCUT2D eigenvalue weighted by atomic mass is 9.67. The van der Waals surface area contributed by atoms with Crippen molar-refractivity contribution in [2.24, 2.45) is 0 Å². The van der Waals surface area contributed by atoms with Crippen molar-refractivity contribution in [1.29, 1.82) is 0 Å². The molecule has 1 N–H and O–H groups in total. The highest BCUT2D eigenvalue weighted by molar-refractivity contribution is 6.30. The number of aromatic nitrogens is 2. The topological polar surface area (TPSA) is 46.9 Å². The predicted octanol–water partition coefficient (Wildman–Crippen LogP) is 6.91. The second-order valence-electron chi connectivity index (χ2n) is 9.56. The summed E-state index contributed by atoms with van der Waals surface area (Å²) >= 11 is 6.15. The Morgan fingerprint density at radius 2 is 1.74 bits per heavy atom. The first-order chi connectivity index (χ1) is 16.4. The number of rotatable bonds is 5. The third kappa shape index (κ3) is 4.48. The normalized spacial score (nSPS) is 17.3. The average Bonchev–Trinajstić information content (AvgIpc) is 3.22. The number of nitrogens with zero attached hydrogens (tertiary/aromatic N) is 2. The highest BCUT2D eigenvalue weighted by atomic mass is 35.5. The summed E-state index contributed by atoms with van der Waals surface area (Å²) in [5.74, 6) is -1.70. The van der Waals surface area contributed by atoms with E-state index in [2.05, 4.69) is 5.32 Å². The third-order valence-corrected chi connectivity index (χ3v) is 7.50. The van der Waals surface area contributed by atoms with Crippen LogP contribution in [0.5, 0.6) is 0 Å². The molecule has 4 nitrogen and oxygen atoms in total. The molecule has 7 heteroatoms. The molecule has 0 atom stereocenters. The summed E-state index contributed by atoms with van der Waals surface area (Å²) in [6.45, 7) is 0. The van der Waals surface area contributed by atoms with Gasteiger partial charge in [0, 0.05) is 22.9 Å². The molecule has 0 unspecified atom stereocenters. The zero-order valence-corrected chi connectivity index (χ0v) is 19.8. The van der Waals surface area contributed by atoms with Gasteiger partial charge in [0.05, 0.1) is 22.8 Å². The second-order valence-corrected chi connectivity index (χ2v) is 10.00. The number of carbonyl (C=O) groups is 1. The Bertz CT molecular complexity index is 1200. The molecule has 34 heavy (non-hydrogen) atoms. The highest BCUT2D eigenvalue weighted by Crippen LogP contribution is 2.46. The molecule has 1 heterocycles. The molecule has 0 bridgehead atoms. The van der Waals surface area contributed by atoms with E-state index in [4.69, 9.17) is 16.7 Å². The van der Waals surface area contributed by atoms with Crippen LogP contribution in [0, 0.1) is 11.6 Å². The van der Waals surface area contributed by atoms with E-state index in [0.29, 0.717) is 5.02 Å². The molecule has 2 aromatic carbocycles. The van der Waals surface area contributed by atoms with Crippen LogP contribution in [0.3, 0.4) is 0 Å². The fourth-order valence-electron chi connectivity index (χ4n) is 5.69. The molecule has 3 aromatic rings. The molecule has 1 aromatic heterocycles. The lowest BCUT2D eigenvalue weighted by Crippen LogP contribution is -2.37. The number of aryl methyl sites for hydroxylation is 1. The van der Waals surface area contributed by atoms with Crippen molar-refractivity contribution in [2.45, 2.75) is 69.6 Å². The molecule has 1 fully saturated rings. The van der Waals surface area contributed by atoms with Crippen LogP contribution in [0.2, 0.25) is 5.02 Å². The van der Waals surface area contributed by atoms with E-state index in [0.717, 1.165) is 87.0 Å². The fourth-order valence-corrected chi connectivity index (χ4v) is 5.81. The molecule has 0 saturated heterocycles. The monoisotopic (exact) mass is 483 g/mol. The van der Waals surface area contributed by atoms with Crippen LogP contribution >= 0.6 is 11.6 Å². The lowest BCUT2D eigenvalue weighted by molar-refractivity contribution is -0.117.